The molecule has 0 aliphatic carbocycles. The predicted octanol–water partition coefficient (Wildman–Crippen LogP) is 5.91. The number of amides is 1. The molecule has 7 nitrogen and oxygen atoms in total. The number of hydrogen-bond donors (Lipinski definition) is 1. The summed E-state index contributed by atoms with van der Waals surface area (Å²) in [6.07, 6.45) is 0. The molecule has 0 unspecified atom stereocenters. The van der Waals surface area contributed by atoms with E-state index in [0.29, 0.717) is 34.2 Å². The highest BCUT2D eigenvalue weighted by Gasteiger charge is 2.22. The highest BCUT2D eigenvalue weighted by Crippen LogP contribution is 2.31. The number of carbonyl (C=O) groups is 1. The average Bonchev–Trinajstić information content (AvgIpc) is 3.28. The number of thiazole rings is 1. The molecule has 3 aromatic carbocycles. The Labute approximate surface area is 236 Å². The van der Waals surface area contributed by atoms with Crippen molar-refractivity contribution in [1.29, 1.82) is 0 Å². The summed E-state index contributed by atoms with van der Waals surface area (Å²) in [4.78, 5) is 31.3. The first-order chi connectivity index (χ1) is 19.0. The van der Waals surface area contributed by atoms with Crippen LogP contribution in [0.2, 0.25) is 0 Å². The number of rotatable bonds is 9. The fourth-order valence-corrected chi connectivity index (χ4v) is 6.10. The Morgan fingerprint density at radius 2 is 1.72 bits per heavy atom. The van der Waals surface area contributed by atoms with E-state index >= 15 is 0 Å². The summed E-state index contributed by atoms with van der Waals surface area (Å²) in [5.74, 6) is -0.270. The highest BCUT2D eigenvalue weighted by atomic mass is 32.2. The van der Waals surface area contributed by atoms with Crippen LogP contribution in [0.5, 0.6) is 5.75 Å². The number of nitrogens with one attached hydrogen (secondary N) is 1. The van der Waals surface area contributed by atoms with Gasteiger partial charge in [-0.3, -0.25) is 18.7 Å². The van der Waals surface area contributed by atoms with Crippen LogP contribution in [0.15, 0.2) is 88.8 Å². The van der Waals surface area contributed by atoms with Crippen molar-refractivity contribution in [3.63, 3.8) is 0 Å². The van der Waals surface area contributed by atoms with Crippen molar-refractivity contribution in [2.24, 2.45) is 0 Å². The molecule has 0 bridgehead atoms. The fraction of sp³-hybridized carbons (Fsp3) is 0.143. The van der Waals surface area contributed by atoms with E-state index in [0.717, 1.165) is 28.7 Å². The lowest BCUT2D eigenvalue weighted by atomic mass is 10.2. The summed E-state index contributed by atoms with van der Waals surface area (Å²) in [5, 5.41) is 3.04. The maximum atomic E-state index is 14.9. The maximum absolute atomic E-state index is 14.9. The lowest BCUT2D eigenvalue weighted by Crippen LogP contribution is -2.26. The van der Waals surface area contributed by atoms with Gasteiger partial charge in [0.15, 0.2) is 14.8 Å². The van der Waals surface area contributed by atoms with Crippen LogP contribution in [0.3, 0.4) is 0 Å². The number of nitrogens with zero attached hydrogens (tertiary/aromatic N) is 3. The molecule has 0 fully saturated rings. The van der Waals surface area contributed by atoms with Crippen LogP contribution >= 0.6 is 35.3 Å². The summed E-state index contributed by atoms with van der Waals surface area (Å²) in [6.45, 7) is 2.69. The van der Waals surface area contributed by atoms with Gasteiger partial charge < -0.3 is 10.1 Å². The van der Waals surface area contributed by atoms with Gasteiger partial charge in [0.25, 0.3) is 5.56 Å². The molecule has 0 aliphatic rings. The van der Waals surface area contributed by atoms with Gasteiger partial charge in [0.2, 0.25) is 5.91 Å². The van der Waals surface area contributed by atoms with Crippen LogP contribution in [0, 0.1) is 9.77 Å². The number of carbonyl (C=O) groups excluding carboxylic acids is 1. The van der Waals surface area contributed by atoms with Crippen molar-refractivity contribution in [3.8, 4) is 17.1 Å². The molecular weight excluding hydrogens is 556 g/mol. The lowest BCUT2D eigenvalue weighted by molar-refractivity contribution is -0.118. The third-order valence-corrected chi connectivity index (χ3v) is 8.03. The minimum absolute atomic E-state index is 0.0281. The molecule has 0 saturated heterocycles. The van der Waals surface area contributed by atoms with Gasteiger partial charge in [-0.25, -0.2) is 9.37 Å². The van der Waals surface area contributed by atoms with Gasteiger partial charge >= 0.3 is 0 Å². The van der Waals surface area contributed by atoms with Gasteiger partial charge in [0, 0.05) is 6.54 Å². The smallest absolute Gasteiger partial charge is 0.278 e. The van der Waals surface area contributed by atoms with Crippen LogP contribution in [-0.4, -0.2) is 32.4 Å². The van der Waals surface area contributed by atoms with Crippen LogP contribution in [0.4, 0.5) is 4.39 Å². The molecule has 2 aromatic heterocycles. The molecule has 0 aliphatic heterocycles. The molecule has 0 atom stereocenters. The van der Waals surface area contributed by atoms with Crippen molar-refractivity contribution in [2.45, 2.75) is 18.6 Å². The van der Waals surface area contributed by atoms with Gasteiger partial charge in [-0.2, -0.15) is 0 Å². The summed E-state index contributed by atoms with van der Waals surface area (Å²) in [7, 11) is 0. The van der Waals surface area contributed by atoms with Gasteiger partial charge in [-0.05, 0) is 49.0 Å². The molecule has 0 radical (unpaired) electrons. The van der Waals surface area contributed by atoms with E-state index in [1.54, 1.807) is 16.7 Å². The Balaban J connectivity index is 1.59. The number of thioether (sulfide) groups is 1. The number of ether oxygens (including phenoxy) is 1. The average molecular weight is 579 g/mol. The van der Waals surface area contributed by atoms with E-state index in [9.17, 15) is 14.0 Å². The number of fused-ring (bicyclic) bond motifs is 1. The predicted molar refractivity (Wildman–Crippen MR) is 156 cm³/mol. The van der Waals surface area contributed by atoms with Gasteiger partial charge in [-0.15, -0.1) is 0 Å². The first kappa shape index (κ1) is 26.8. The number of benzene rings is 3. The van der Waals surface area contributed by atoms with Crippen molar-refractivity contribution < 1.29 is 13.9 Å². The molecule has 2 heterocycles. The van der Waals surface area contributed by atoms with E-state index in [2.05, 4.69) is 5.32 Å². The largest absolute Gasteiger partial charge is 0.492 e. The second kappa shape index (κ2) is 11.9. The SMILES string of the molecule is CCOc1ccccc1-n1c(=S)sc2c(=O)n(-c3ccccc3F)c(SCC(=O)NCc3ccccc3)nc21. The normalized spacial score (nSPS) is 11.0. The zero-order chi connectivity index (χ0) is 27.4. The van der Waals surface area contributed by atoms with E-state index in [1.807, 2.05) is 61.5 Å². The van der Waals surface area contributed by atoms with Crippen LogP contribution < -0.4 is 15.6 Å². The molecule has 5 aromatic rings. The van der Waals surface area contributed by atoms with Gasteiger partial charge in [0.05, 0.1) is 23.7 Å². The Morgan fingerprint density at radius 3 is 2.46 bits per heavy atom. The molecule has 0 spiro atoms. The minimum atomic E-state index is -0.583. The number of para-hydroxylation sites is 3. The second-order valence-electron chi connectivity index (χ2n) is 8.29. The molecule has 1 N–H and O–H groups in total. The van der Waals surface area contributed by atoms with Crippen LogP contribution in [-0.2, 0) is 11.3 Å². The summed E-state index contributed by atoms with van der Waals surface area (Å²) >= 11 is 7.79. The molecule has 0 saturated carbocycles. The van der Waals surface area contributed by atoms with Crippen molar-refractivity contribution in [3.05, 3.63) is 105 Å². The van der Waals surface area contributed by atoms with Gasteiger partial charge in [-0.1, -0.05) is 77.7 Å². The molecule has 39 heavy (non-hydrogen) atoms. The van der Waals surface area contributed by atoms with Crippen LogP contribution in [0.25, 0.3) is 21.7 Å². The maximum Gasteiger partial charge on any atom is 0.278 e. The Morgan fingerprint density at radius 1 is 1.03 bits per heavy atom. The topological polar surface area (TPSA) is 78.1 Å². The molecule has 11 heteroatoms. The molecule has 5 rings (SSSR count). The Bertz CT molecular complexity index is 1770. The number of hydrogen-bond acceptors (Lipinski definition) is 7. The quantitative estimate of drug-likeness (QED) is 0.133. The third-order valence-electron chi connectivity index (χ3n) is 5.74. The molecule has 1 amide bonds. The molecule has 198 valence electrons. The standard InChI is InChI=1S/C28H23FN4O3S3/c1-2-36-22-15-9-8-14-21(22)32-25-24(39-28(32)37)26(35)33(20-13-7-6-12-19(20)29)27(31-25)38-17-23(34)30-16-18-10-4-3-5-11-18/h3-15H,2,16-17H2,1H3,(H,30,34). The number of halogens is 1. The first-order valence-corrected chi connectivity index (χ1v) is 14.3. The van der Waals surface area contributed by atoms with E-state index < -0.39 is 11.4 Å². The monoisotopic (exact) mass is 578 g/mol. The number of aromatic nitrogens is 3. The fourth-order valence-electron chi connectivity index (χ4n) is 3.99. The summed E-state index contributed by atoms with van der Waals surface area (Å²) in [6, 6.07) is 22.8. The van der Waals surface area contributed by atoms with E-state index in [1.165, 1.54) is 16.7 Å². The Hall–Kier alpha value is -3.80. The summed E-state index contributed by atoms with van der Waals surface area (Å²) in [5.41, 5.74) is 1.50. The summed E-state index contributed by atoms with van der Waals surface area (Å²) < 4.78 is 24.3. The Kier molecular flexibility index (Phi) is 8.20. The molecular formula is C28H23FN4O3S3. The van der Waals surface area contributed by atoms with Crippen molar-refractivity contribution in [1.82, 2.24) is 19.4 Å². The van der Waals surface area contributed by atoms with Gasteiger partial charge in [0.1, 0.15) is 16.3 Å². The van der Waals surface area contributed by atoms with E-state index in [4.69, 9.17) is 21.9 Å². The zero-order valence-electron chi connectivity index (χ0n) is 20.8. The van der Waals surface area contributed by atoms with Crippen molar-refractivity contribution >= 4 is 51.6 Å². The highest BCUT2D eigenvalue weighted by molar-refractivity contribution is 7.99. The van der Waals surface area contributed by atoms with Crippen LogP contribution in [0.1, 0.15) is 12.5 Å². The second-order valence-corrected chi connectivity index (χ2v) is 10.9. The van der Waals surface area contributed by atoms with Crippen molar-refractivity contribution in [2.75, 3.05) is 12.4 Å². The lowest BCUT2D eigenvalue weighted by Gasteiger charge is -2.14. The third kappa shape index (κ3) is 5.65. The van der Waals surface area contributed by atoms with E-state index in [-0.39, 0.29) is 27.2 Å². The minimum Gasteiger partial charge on any atom is -0.492 e. The zero-order valence-corrected chi connectivity index (χ0v) is 23.2. The first-order valence-electron chi connectivity index (χ1n) is 12.1.